The largest absolute Gasteiger partial charge is 0.464 e. The van der Waals surface area contributed by atoms with E-state index in [1.807, 2.05) is 0 Å². The molecule has 2 aromatic rings. The molecular weight excluding hydrogens is 281 g/mol. The monoisotopic (exact) mass is 291 g/mol. The summed E-state index contributed by atoms with van der Waals surface area (Å²) in [5, 5.41) is 2.47. The Balaban J connectivity index is 2.67. The summed E-state index contributed by atoms with van der Waals surface area (Å²) in [6.07, 6.45) is 0. The number of furan rings is 1. The molecule has 2 rings (SSSR count). The van der Waals surface area contributed by atoms with Gasteiger partial charge < -0.3 is 9.73 Å². The minimum Gasteiger partial charge on any atom is -0.464 e. The zero-order valence-electron chi connectivity index (χ0n) is 10.5. The standard InChI is InChI=1S/C13H10F5NO/c1-5-3-4-6(20-5)13(19-2)7-8(14)10(16)12(18)11(17)9(7)15/h3-4,13,19H,1-2H3. The first-order chi connectivity index (χ1) is 9.38. The highest BCUT2D eigenvalue weighted by Crippen LogP contribution is 2.31. The van der Waals surface area contributed by atoms with Crippen molar-refractivity contribution in [3.8, 4) is 0 Å². The molecule has 0 fully saturated rings. The van der Waals surface area contributed by atoms with Crippen molar-refractivity contribution in [2.45, 2.75) is 13.0 Å². The fourth-order valence-electron chi connectivity index (χ4n) is 1.91. The van der Waals surface area contributed by atoms with Crippen LogP contribution in [-0.2, 0) is 0 Å². The van der Waals surface area contributed by atoms with Crippen LogP contribution in [0.2, 0.25) is 0 Å². The van der Waals surface area contributed by atoms with Gasteiger partial charge >= 0.3 is 0 Å². The van der Waals surface area contributed by atoms with Crippen molar-refractivity contribution in [1.29, 1.82) is 0 Å². The zero-order chi connectivity index (χ0) is 15.0. The lowest BCUT2D eigenvalue weighted by Crippen LogP contribution is -2.22. The molecule has 1 unspecified atom stereocenters. The Hall–Kier alpha value is -1.89. The van der Waals surface area contributed by atoms with Crippen LogP contribution in [0.1, 0.15) is 23.1 Å². The molecule has 108 valence electrons. The van der Waals surface area contributed by atoms with Crippen molar-refractivity contribution in [2.75, 3.05) is 7.05 Å². The van der Waals surface area contributed by atoms with E-state index in [-0.39, 0.29) is 5.76 Å². The van der Waals surface area contributed by atoms with Gasteiger partial charge in [-0.3, -0.25) is 0 Å². The maximum Gasteiger partial charge on any atom is 0.200 e. The van der Waals surface area contributed by atoms with Crippen LogP contribution in [0.3, 0.4) is 0 Å². The molecule has 0 aliphatic carbocycles. The Morgan fingerprint density at radius 1 is 0.900 bits per heavy atom. The summed E-state index contributed by atoms with van der Waals surface area (Å²) >= 11 is 0. The number of halogens is 5. The van der Waals surface area contributed by atoms with Crippen LogP contribution in [0, 0.1) is 36.0 Å². The van der Waals surface area contributed by atoms with Gasteiger partial charge in [-0.15, -0.1) is 0 Å². The molecule has 20 heavy (non-hydrogen) atoms. The summed E-state index contributed by atoms with van der Waals surface area (Å²) in [5.41, 5.74) is -0.974. The van der Waals surface area contributed by atoms with E-state index >= 15 is 0 Å². The molecule has 7 heteroatoms. The van der Waals surface area contributed by atoms with E-state index in [1.54, 1.807) is 6.92 Å². The number of rotatable bonds is 3. The van der Waals surface area contributed by atoms with E-state index in [9.17, 15) is 22.0 Å². The van der Waals surface area contributed by atoms with Gasteiger partial charge in [-0.25, -0.2) is 22.0 Å². The third kappa shape index (κ3) is 2.18. The predicted octanol–water partition coefficient (Wildman–Crippen LogP) is 3.59. The van der Waals surface area contributed by atoms with Crippen LogP contribution in [0.4, 0.5) is 22.0 Å². The molecule has 1 aromatic heterocycles. The Bertz CT molecular complexity index is 623. The Morgan fingerprint density at radius 3 is 1.80 bits per heavy atom. The highest BCUT2D eigenvalue weighted by Gasteiger charge is 2.31. The van der Waals surface area contributed by atoms with Gasteiger partial charge in [-0.2, -0.15) is 0 Å². The van der Waals surface area contributed by atoms with E-state index in [0.717, 1.165) is 0 Å². The van der Waals surface area contributed by atoms with Gasteiger partial charge in [0.05, 0.1) is 11.6 Å². The normalized spacial score (nSPS) is 12.8. The van der Waals surface area contributed by atoms with E-state index in [4.69, 9.17) is 4.42 Å². The van der Waals surface area contributed by atoms with Crippen molar-refractivity contribution in [3.63, 3.8) is 0 Å². The average Bonchev–Trinajstić information content (AvgIpc) is 2.85. The molecule has 0 spiro atoms. The van der Waals surface area contributed by atoms with Gasteiger partial charge in [-0.1, -0.05) is 0 Å². The molecule has 0 aliphatic rings. The van der Waals surface area contributed by atoms with Gasteiger partial charge in [-0.05, 0) is 26.1 Å². The molecular formula is C13H10F5NO. The summed E-state index contributed by atoms with van der Waals surface area (Å²) in [4.78, 5) is 0. The zero-order valence-corrected chi connectivity index (χ0v) is 10.5. The van der Waals surface area contributed by atoms with Crippen LogP contribution >= 0.6 is 0 Å². The summed E-state index contributed by atoms with van der Waals surface area (Å²) in [7, 11) is 1.32. The molecule has 0 radical (unpaired) electrons. The van der Waals surface area contributed by atoms with Crippen molar-refractivity contribution in [3.05, 3.63) is 58.3 Å². The quantitative estimate of drug-likeness (QED) is 0.531. The van der Waals surface area contributed by atoms with Crippen LogP contribution in [0.25, 0.3) is 0 Å². The first-order valence-corrected chi connectivity index (χ1v) is 5.63. The fourth-order valence-corrected chi connectivity index (χ4v) is 1.91. The first kappa shape index (κ1) is 14.5. The first-order valence-electron chi connectivity index (χ1n) is 5.63. The lowest BCUT2D eigenvalue weighted by atomic mass is 10.0. The summed E-state index contributed by atoms with van der Waals surface area (Å²) < 4.78 is 72.0. The molecule has 1 aromatic carbocycles. The number of hydrogen-bond acceptors (Lipinski definition) is 2. The average molecular weight is 291 g/mol. The fraction of sp³-hybridized carbons (Fsp3) is 0.231. The Labute approximate surface area is 111 Å². The lowest BCUT2D eigenvalue weighted by molar-refractivity contribution is 0.354. The maximum atomic E-state index is 13.7. The minimum absolute atomic E-state index is 0.0493. The second-order valence-corrected chi connectivity index (χ2v) is 4.15. The topological polar surface area (TPSA) is 25.2 Å². The third-order valence-electron chi connectivity index (χ3n) is 2.87. The highest BCUT2D eigenvalue weighted by atomic mass is 19.2. The van der Waals surface area contributed by atoms with Crippen LogP contribution in [0.5, 0.6) is 0 Å². The summed E-state index contributed by atoms with van der Waals surface area (Å²) in [5.74, 6) is -9.42. The summed E-state index contributed by atoms with van der Waals surface area (Å²) in [6, 6.07) is 1.63. The molecule has 2 nitrogen and oxygen atoms in total. The molecule has 0 saturated heterocycles. The molecule has 0 saturated carbocycles. The molecule has 0 amide bonds. The third-order valence-corrected chi connectivity index (χ3v) is 2.87. The van der Waals surface area contributed by atoms with E-state index in [2.05, 4.69) is 5.32 Å². The Morgan fingerprint density at radius 2 is 1.40 bits per heavy atom. The minimum atomic E-state index is -2.19. The molecule has 1 atom stereocenters. The van der Waals surface area contributed by atoms with E-state index < -0.39 is 40.7 Å². The van der Waals surface area contributed by atoms with Crippen LogP contribution < -0.4 is 5.32 Å². The van der Waals surface area contributed by atoms with Crippen molar-refractivity contribution in [1.82, 2.24) is 5.32 Å². The smallest absolute Gasteiger partial charge is 0.200 e. The molecule has 1 N–H and O–H groups in total. The second-order valence-electron chi connectivity index (χ2n) is 4.15. The highest BCUT2D eigenvalue weighted by molar-refractivity contribution is 5.32. The van der Waals surface area contributed by atoms with Crippen molar-refractivity contribution in [2.24, 2.45) is 0 Å². The number of aryl methyl sites for hydroxylation is 1. The van der Waals surface area contributed by atoms with Gasteiger partial charge in [0.25, 0.3) is 0 Å². The van der Waals surface area contributed by atoms with Crippen molar-refractivity contribution < 1.29 is 26.4 Å². The van der Waals surface area contributed by atoms with Gasteiger partial charge in [0.1, 0.15) is 11.5 Å². The summed E-state index contributed by atoms with van der Waals surface area (Å²) in [6.45, 7) is 1.59. The lowest BCUT2D eigenvalue weighted by Gasteiger charge is -2.17. The van der Waals surface area contributed by atoms with Crippen molar-refractivity contribution >= 4 is 0 Å². The number of nitrogens with one attached hydrogen (secondary N) is 1. The number of benzene rings is 1. The van der Waals surface area contributed by atoms with E-state index in [0.29, 0.717) is 5.76 Å². The van der Waals surface area contributed by atoms with E-state index in [1.165, 1.54) is 19.2 Å². The second kappa shape index (κ2) is 5.24. The molecule has 0 bridgehead atoms. The molecule has 1 heterocycles. The Kier molecular flexibility index (Phi) is 3.80. The molecule has 0 aliphatic heterocycles. The predicted molar refractivity (Wildman–Crippen MR) is 60.6 cm³/mol. The SMILES string of the molecule is CNC(c1ccc(C)o1)c1c(F)c(F)c(F)c(F)c1F. The van der Waals surface area contributed by atoms with Gasteiger partial charge in [0, 0.05) is 0 Å². The van der Waals surface area contributed by atoms with Crippen LogP contribution in [-0.4, -0.2) is 7.05 Å². The van der Waals surface area contributed by atoms with Gasteiger partial charge in [0.2, 0.25) is 5.82 Å². The number of hydrogen-bond donors (Lipinski definition) is 1. The van der Waals surface area contributed by atoms with Crippen LogP contribution in [0.15, 0.2) is 16.5 Å². The van der Waals surface area contributed by atoms with Gasteiger partial charge in [0.15, 0.2) is 23.3 Å². The maximum absolute atomic E-state index is 13.7.